The summed E-state index contributed by atoms with van der Waals surface area (Å²) in [5.74, 6) is -0.433. The largest absolute Gasteiger partial charge is 0.366 e. The van der Waals surface area contributed by atoms with Crippen molar-refractivity contribution in [1.29, 1.82) is 0 Å². The smallest absolute Gasteiger partial charge is 0.250 e. The molecular formula is C16H12N2O. The monoisotopic (exact) mass is 248 g/mol. The summed E-state index contributed by atoms with van der Waals surface area (Å²) in [6.07, 6.45) is 1.71. The molecule has 3 heteroatoms. The van der Waals surface area contributed by atoms with E-state index in [2.05, 4.69) is 4.98 Å². The third-order valence-corrected chi connectivity index (χ3v) is 3.11. The lowest BCUT2D eigenvalue weighted by atomic mass is 9.97. The van der Waals surface area contributed by atoms with Crippen molar-refractivity contribution in [2.45, 2.75) is 0 Å². The third-order valence-electron chi connectivity index (χ3n) is 3.11. The van der Waals surface area contributed by atoms with Crippen LogP contribution in [0.5, 0.6) is 0 Å². The Morgan fingerprint density at radius 3 is 2.37 bits per heavy atom. The number of para-hydroxylation sites is 1. The van der Waals surface area contributed by atoms with Gasteiger partial charge in [0.05, 0.1) is 11.1 Å². The standard InChI is InChI=1S/C16H12N2O/c17-16(19)15-12-8-4-5-9-14(12)18-10-13(15)11-6-2-1-3-7-11/h1-10H,(H2,17,19). The van der Waals surface area contributed by atoms with Gasteiger partial charge in [0.25, 0.3) is 0 Å². The minimum atomic E-state index is -0.433. The molecule has 0 bridgehead atoms. The zero-order chi connectivity index (χ0) is 13.2. The molecule has 0 fully saturated rings. The van der Waals surface area contributed by atoms with E-state index in [9.17, 15) is 4.79 Å². The van der Waals surface area contributed by atoms with E-state index in [1.807, 2.05) is 54.6 Å². The fraction of sp³-hybridized carbons (Fsp3) is 0. The van der Waals surface area contributed by atoms with Crippen molar-refractivity contribution in [3.05, 3.63) is 66.4 Å². The Morgan fingerprint density at radius 1 is 0.947 bits per heavy atom. The highest BCUT2D eigenvalue weighted by Crippen LogP contribution is 2.28. The number of hydrogen-bond donors (Lipinski definition) is 1. The van der Waals surface area contributed by atoms with Crippen LogP contribution in [0.2, 0.25) is 0 Å². The van der Waals surface area contributed by atoms with Gasteiger partial charge in [-0.1, -0.05) is 48.5 Å². The Balaban J connectivity index is 2.37. The van der Waals surface area contributed by atoms with Gasteiger partial charge in [-0.2, -0.15) is 0 Å². The van der Waals surface area contributed by atoms with E-state index in [0.29, 0.717) is 5.56 Å². The maximum absolute atomic E-state index is 11.8. The number of benzene rings is 2. The number of carbonyl (C=O) groups is 1. The zero-order valence-electron chi connectivity index (χ0n) is 10.2. The first-order valence-corrected chi connectivity index (χ1v) is 6.00. The molecule has 92 valence electrons. The van der Waals surface area contributed by atoms with Crippen LogP contribution in [0.3, 0.4) is 0 Å². The molecule has 2 aromatic carbocycles. The van der Waals surface area contributed by atoms with E-state index in [-0.39, 0.29) is 0 Å². The van der Waals surface area contributed by atoms with Crippen molar-refractivity contribution in [2.75, 3.05) is 0 Å². The molecule has 19 heavy (non-hydrogen) atoms. The van der Waals surface area contributed by atoms with Crippen LogP contribution in [0.1, 0.15) is 10.4 Å². The number of nitrogens with zero attached hydrogens (tertiary/aromatic N) is 1. The second-order valence-corrected chi connectivity index (χ2v) is 4.29. The first-order valence-electron chi connectivity index (χ1n) is 6.00. The number of rotatable bonds is 2. The quantitative estimate of drug-likeness (QED) is 0.758. The van der Waals surface area contributed by atoms with Gasteiger partial charge in [0.1, 0.15) is 0 Å². The lowest BCUT2D eigenvalue weighted by Crippen LogP contribution is -2.13. The van der Waals surface area contributed by atoms with Gasteiger partial charge in [0.2, 0.25) is 5.91 Å². The van der Waals surface area contributed by atoms with Gasteiger partial charge < -0.3 is 5.73 Å². The molecule has 0 unspecified atom stereocenters. The molecule has 0 saturated heterocycles. The van der Waals surface area contributed by atoms with E-state index in [1.54, 1.807) is 6.20 Å². The Hall–Kier alpha value is -2.68. The predicted octanol–water partition coefficient (Wildman–Crippen LogP) is 3.00. The maximum Gasteiger partial charge on any atom is 0.250 e. The van der Waals surface area contributed by atoms with Gasteiger partial charge in [-0.3, -0.25) is 9.78 Å². The summed E-state index contributed by atoms with van der Waals surface area (Å²) in [5, 5.41) is 0.788. The molecule has 0 aliphatic heterocycles. The normalized spacial score (nSPS) is 10.5. The van der Waals surface area contributed by atoms with E-state index < -0.39 is 5.91 Å². The molecule has 2 N–H and O–H groups in total. The summed E-state index contributed by atoms with van der Waals surface area (Å²) in [6.45, 7) is 0. The summed E-state index contributed by atoms with van der Waals surface area (Å²) in [7, 11) is 0. The average Bonchev–Trinajstić information content (AvgIpc) is 2.46. The first kappa shape index (κ1) is 11.4. The lowest BCUT2D eigenvalue weighted by molar-refractivity contribution is 0.100. The molecular weight excluding hydrogens is 236 g/mol. The summed E-state index contributed by atoms with van der Waals surface area (Å²) < 4.78 is 0. The number of nitrogens with two attached hydrogens (primary N) is 1. The first-order chi connectivity index (χ1) is 9.27. The highest BCUT2D eigenvalue weighted by Gasteiger charge is 2.14. The van der Waals surface area contributed by atoms with Gasteiger partial charge in [0, 0.05) is 17.1 Å². The Labute approximate surface area is 110 Å². The van der Waals surface area contributed by atoms with Crippen LogP contribution in [-0.4, -0.2) is 10.9 Å². The van der Waals surface area contributed by atoms with Crippen molar-refractivity contribution >= 4 is 16.8 Å². The highest BCUT2D eigenvalue weighted by atomic mass is 16.1. The highest BCUT2D eigenvalue weighted by molar-refractivity contribution is 6.10. The summed E-state index contributed by atoms with van der Waals surface area (Å²) >= 11 is 0. The van der Waals surface area contributed by atoms with Crippen LogP contribution in [0, 0.1) is 0 Å². The summed E-state index contributed by atoms with van der Waals surface area (Å²) in [6, 6.07) is 17.2. The summed E-state index contributed by atoms with van der Waals surface area (Å²) in [4.78, 5) is 16.2. The van der Waals surface area contributed by atoms with Crippen LogP contribution in [0.25, 0.3) is 22.0 Å². The second kappa shape index (κ2) is 4.53. The molecule has 3 nitrogen and oxygen atoms in total. The molecule has 0 aliphatic rings. The molecule has 3 rings (SSSR count). The van der Waals surface area contributed by atoms with Crippen LogP contribution in [-0.2, 0) is 0 Å². The van der Waals surface area contributed by atoms with Gasteiger partial charge >= 0.3 is 0 Å². The van der Waals surface area contributed by atoms with Gasteiger partial charge in [-0.05, 0) is 11.6 Å². The summed E-state index contributed by atoms with van der Waals surface area (Å²) in [5.41, 5.74) is 8.56. The van der Waals surface area contributed by atoms with E-state index in [4.69, 9.17) is 5.73 Å². The van der Waals surface area contributed by atoms with Gasteiger partial charge in [-0.15, -0.1) is 0 Å². The van der Waals surface area contributed by atoms with Crippen molar-refractivity contribution in [3.8, 4) is 11.1 Å². The van der Waals surface area contributed by atoms with Gasteiger partial charge in [0.15, 0.2) is 0 Å². The molecule has 0 aliphatic carbocycles. The van der Waals surface area contributed by atoms with Crippen molar-refractivity contribution in [3.63, 3.8) is 0 Å². The Morgan fingerprint density at radius 2 is 1.63 bits per heavy atom. The number of fused-ring (bicyclic) bond motifs is 1. The van der Waals surface area contributed by atoms with Crippen molar-refractivity contribution < 1.29 is 4.79 Å². The second-order valence-electron chi connectivity index (χ2n) is 4.29. The number of hydrogen-bond acceptors (Lipinski definition) is 2. The van der Waals surface area contributed by atoms with Crippen LogP contribution in [0.4, 0.5) is 0 Å². The number of amides is 1. The molecule has 1 aromatic heterocycles. The van der Waals surface area contributed by atoms with Crippen molar-refractivity contribution in [2.24, 2.45) is 5.73 Å². The lowest BCUT2D eigenvalue weighted by Gasteiger charge is -2.09. The third kappa shape index (κ3) is 1.95. The maximum atomic E-state index is 11.8. The van der Waals surface area contributed by atoms with E-state index in [1.165, 1.54) is 0 Å². The molecule has 1 amide bonds. The minimum Gasteiger partial charge on any atom is -0.366 e. The fourth-order valence-corrected chi connectivity index (χ4v) is 2.24. The number of aromatic nitrogens is 1. The SMILES string of the molecule is NC(=O)c1c(-c2ccccc2)cnc2ccccc12. The Bertz CT molecular complexity index is 751. The zero-order valence-corrected chi connectivity index (χ0v) is 10.2. The van der Waals surface area contributed by atoms with Crippen LogP contribution < -0.4 is 5.73 Å². The van der Waals surface area contributed by atoms with Crippen LogP contribution >= 0.6 is 0 Å². The van der Waals surface area contributed by atoms with Crippen LogP contribution in [0.15, 0.2) is 60.8 Å². The molecule has 0 spiro atoms. The Kier molecular flexibility index (Phi) is 2.72. The van der Waals surface area contributed by atoms with Crippen molar-refractivity contribution in [1.82, 2.24) is 4.98 Å². The predicted molar refractivity (Wildman–Crippen MR) is 75.7 cm³/mol. The fourth-order valence-electron chi connectivity index (χ4n) is 2.24. The average molecular weight is 248 g/mol. The molecule has 3 aromatic rings. The molecule has 0 atom stereocenters. The number of pyridine rings is 1. The number of carbonyl (C=O) groups excluding carboxylic acids is 1. The molecule has 0 saturated carbocycles. The molecule has 0 radical (unpaired) electrons. The minimum absolute atomic E-state index is 0.433. The van der Waals surface area contributed by atoms with E-state index >= 15 is 0 Å². The van der Waals surface area contributed by atoms with E-state index in [0.717, 1.165) is 22.0 Å². The number of primary amides is 1. The molecule has 1 heterocycles. The topological polar surface area (TPSA) is 56.0 Å². The van der Waals surface area contributed by atoms with Gasteiger partial charge in [-0.25, -0.2) is 0 Å².